The fourth-order valence-corrected chi connectivity index (χ4v) is 3.05. The Labute approximate surface area is 181 Å². The van der Waals surface area contributed by atoms with Crippen LogP contribution in [0.2, 0.25) is 0 Å². The topological polar surface area (TPSA) is 77.0 Å². The van der Waals surface area contributed by atoms with E-state index in [1.54, 1.807) is 67.8 Å². The summed E-state index contributed by atoms with van der Waals surface area (Å²) in [7, 11) is 1.56. The monoisotopic (exact) mass is 500 g/mol. The Kier molecular flexibility index (Phi) is 6.96. The van der Waals surface area contributed by atoms with E-state index in [-0.39, 0.29) is 5.91 Å². The van der Waals surface area contributed by atoms with Crippen LogP contribution in [0.15, 0.2) is 77.9 Å². The number of methoxy groups -OCH3 is 1. The highest BCUT2D eigenvalue weighted by Crippen LogP contribution is 2.17. The fraction of sp³-hybridized carbons (Fsp3) is 0.0455. The summed E-state index contributed by atoms with van der Waals surface area (Å²) in [4.78, 5) is 24.4. The van der Waals surface area contributed by atoms with Crippen LogP contribution in [-0.4, -0.2) is 25.2 Å². The first-order valence-corrected chi connectivity index (χ1v) is 9.69. The third-order valence-corrected chi connectivity index (χ3v) is 4.83. The molecule has 0 aliphatic rings. The highest BCUT2D eigenvalue weighted by Gasteiger charge is 2.09. The van der Waals surface area contributed by atoms with E-state index in [2.05, 4.69) is 33.1 Å². The van der Waals surface area contributed by atoms with Gasteiger partial charge in [-0.1, -0.05) is 24.3 Å². The third kappa shape index (κ3) is 5.64. The molecule has 0 bridgehead atoms. The quantitative estimate of drug-likeness (QED) is 0.180. The summed E-state index contributed by atoms with van der Waals surface area (Å²) in [6, 6.07) is 20.7. The Bertz CT molecular complexity index is 1050. The van der Waals surface area contributed by atoms with Gasteiger partial charge in [0.25, 0.3) is 5.91 Å². The van der Waals surface area contributed by atoms with Crippen LogP contribution in [0.1, 0.15) is 26.3 Å². The van der Waals surface area contributed by atoms with Crippen LogP contribution in [0, 0.1) is 3.57 Å². The van der Waals surface area contributed by atoms with Gasteiger partial charge in [0.2, 0.25) is 0 Å². The van der Waals surface area contributed by atoms with Gasteiger partial charge < -0.3 is 9.47 Å². The maximum atomic E-state index is 12.3. The fourth-order valence-electron chi connectivity index (χ4n) is 2.42. The molecule has 0 aromatic heterocycles. The molecule has 0 radical (unpaired) electrons. The Balaban J connectivity index is 1.63. The van der Waals surface area contributed by atoms with E-state index in [0.29, 0.717) is 28.2 Å². The number of amides is 1. The minimum atomic E-state index is -0.478. The smallest absolute Gasteiger partial charge is 0.343 e. The van der Waals surface area contributed by atoms with Crippen molar-refractivity contribution in [3.8, 4) is 11.5 Å². The summed E-state index contributed by atoms with van der Waals surface area (Å²) >= 11 is 2.09. The Morgan fingerprint density at radius 3 is 2.45 bits per heavy atom. The van der Waals surface area contributed by atoms with Crippen molar-refractivity contribution in [2.24, 2.45) is 5.10 Å². The molecule has 3 aromatic carbocycles. The minimum Gasteiger partial charge on any atom is -0.497 e. The molecule has 3 aromatic rings. The van der Waals surface area contributed by atoms with E-state index < -0.39 is 5.97 Å². The maximum absolute atomic E-state index is 12.3. The van der Waals surface area contributed by atoms with Crippen LogP contribution >= 0.6 is 22.6 Å². The van der Waals surface area contributed by atoms with E-state index >= 15 is 0 Å². The first kappa shape index (κ1) is 20.5. The van der Waals surface area contributed by atoms with Crippen molar-refractivity contribution < 1.29 is 19.1 Å². The second-order valence-electron chi connectivity index (χ2n) is 5.87. The highest BCUT2D eigenvalue weighted by molar-refractivity contribution is 14.1. The largest absolute Gasteiger partial charge is 0.497 e. The molecule has 0 saturated heterocycles. The first-order valence-electron chi connectivity index (χ1n) is 8.61. The number of hydrogen-bond acceptors (Lipinski definition) is 5. The van der Waals surface area contributed by atoms with Gasteiger partial charge in [0.15, 0.2) is 0 Å². The zero-order valence-electron chi connectivity index (χ0n) is 15.5. The molecular formula is C22H17IN2O4. The lowest BCUT2D eigenvalue weighted by atomic mass is 10.2. The molecule has 0 fully saturated rings. The lowest BCUT2D eigenvalue weighted by Crippen LogP contribution is -2.18. The lowest BCUT2D eigenvalue weighted by Gasteiger charge is -2.06. The normalized spacial score (nSPS) is 10.6. The molecule has 1 N–H and O–H groups in total. The summed E-state index contributed by atoms with van der Waals surface area (Å²) in [6.07, 6.45) is 1.48. The molecule has 0 atom stereocenters. The molecule has 29 heavy (non-hydrogen) atoms. The van der Waals surface area contributed by atoms with Crippen molar-refractivity contribution in [3.63, 3.8) is 0 Å². The molecule has 0 spiro atoms. The Morgan fingerprint density at radius 1 is 0.966 bits per heavy atom. The van der Waals surface area contributed by atoms with Gasteiger partial charge in [-0.25, -0.2) is 10.2 Å². The van der Waals surface area contributed by atoms with Crippen molar-refractivity contribution in [3.05, 3.63) is 93.1 Å². The molecule has 3 rings (SSSR count). The van der Waals surface area contributed by atoms with Crippen LogP contribution in [0.3, 0.4) is 0 Å². The van der Waals surface area contributed by atoms with E-state index in [9.17, 15) is 9.59 Å². The Hall–Kier alpha value is -3.20. The second kappa shape index (κ2) is 9.83. The average molecular weight is 500 g/mol. The van der Waals surface area contributed by atoms with Crippen molar-refractivity contribution in [2.75, 3.05) is 7.11 Å². The molecule has 1 amide bonds. The van der Waals surface area contributed by atoms with E-state index in [0.717, 1.165) is 3.57 Å². The number of hydrogen-bond donors (Lipinski definition) is 1. The van der Waals surface area contributed by atoms with Gasteiger partial charge in [0.05, 0.1) is 24.5 Å². The first-order chi connectivity index (χ1) is 14.1. The molecular weight excluding hydrogens is 483 g/mol. The predicted octanol–water partition coefficient (Wildman–Crippen LogP) is 4.28. The zero-order chi connectivity index (χ0) is 20.6. The van der Waals surface area contributed by atoms with Crippen LogP contribution in [0.5, 0.6) is 11.5 Å². The van der Waals surface area contributed by atoms with Gasteiger partial charge in [0, 0.05) is 3.57 Å². The van der Waals surface area contributed by atoms with Crippen molar-refractivity contribution in [1.82, 2.24) is 5.43 Å². The van der Waals surface area contributed by atoms with Gasteiger partial charge in [-0.3, -0.25) is 4.79 Å². The van der Waals surface area contributed by atoms with Crippen molar-refractivity contribution >= 4 is 40.7 Å². The average Bonchev–Trinajstić information content (AvgIpc) is 2.74. The number of nitrogens with one attached hydrogen (secondary N) is 1. The molecule has 146 valence electrons. The number of carbonyl (C=O) groups excluding carboxylic acids is 2. The molecule has 0 heterocycles. The van der Waals surface area contributed by atoms with Gasteiger partial charge >= 0.3 is 5.97 Å². The molecule has 0 saturated carbocycles. The van der Waals surface area contributed by atoms with E-state index in [1.807, 2.05) is 12.1 Å². The molecule has 7 heteroatoms. The second-order valence-corrected chi connectivity index (χ2v) is 7.03. The number of carbonyl (C=O) groups is 2. The third-order valence-electron chi connectivity index (χ3n) is 3.89. The standard InChI is InChI=1S/C22H17IN2O4/c1-28-17-11-9-16(10-12-17)22(27)29-18-6-4-5-15(13-18)14-24-25-21(26)19-7-2-3-8-20(19)23/h2-14H,1H3,(H,25,26)/b24-14-. The molecule has 6 nitrogen and oxygen atoms in total. The van der Waals surface area contributed by atoms with E-state index in [4.69, 9.17) is 9.47 Å². The zero-order valence-corrected chi connectivity index (χ0v) is 17.6. The van der Waals surface area contributed by atoms with E-state index in [1.165, 1.54) is 6.21 Å². The number of ether oxygens (including phenoxy) is 2. The van der Waals surface area contributed by atoms with Crippen LogP contribution in [0.4, 0.5) is 0 Å². The summed E-state index contributed by atoms with van der Waals surface area (Å²) in [6.45, 7) is 0. The minimum absolute atomic E-state index is 0.298. The number of halogens is 1. The maximum Gasteiger partial charge on any atom is 0.343 e. The molecule has 0 aliphatic heterocycles. The number of hydrazone groups is 1. The van der Waals surface area contributed by atoms with Gasteiger partial charge in [0.1, 0.15) is 11.5 Å². The summed E-state index contributed by atoms with van der Waals surface area (Å²) in [5.74, 6) is 0.257. The Morgan fingerprint density at radius 2 is 1.72 bits per heavy atom. The van der Waals surface area contributed by atoms with Crippen molar-refractivity contribution in [2.45, 2.75) is 0 Å². The summed E-state index contributed by atoms with van der Waals surface area (Å²) in [5, 5.41) is 3.97. The summed E-state index contributed by atoms with van der Waals surface area (Å²) in [5.41, 5.74) is 4.13. The van der Waals surface area contributed by atoms with Crippen LogP contribution in [-0.2, 0) is 0 Å². The SMILES string of the molecule is COc1ccc(C(=O)Oc2cccc(/C=N\NC(=O)c3ccccc3I)c2)cc1. The number of rotatable bonds is 6. The molecule has 0 aliphatic carbocycles. The van der Waals surface area contributed by atoms with Crippen molar-refractivity contribution in [1.29, 1.82) is 0 Å². The number of esters is 1. The summed E-state index contributed by atoms with van der Waals surface area (Å²) < 4.78 is 11.3. The van der Waals surface area contributed by atoms with Crippen LogP contribution in [0.25, 0.3) is 0 Å². The highest BCUT2D eigenvalue weighted by atomic mass is 127. The van der Waals surface area contributed by atoms with Gasteiger partial charge in [-0.05, 0) is 76.7 Å². The predicted molar refractivity (Wildman–Crippen MR) is 119 cm³/mol. The number of nitrogens with zero attached hydrogens (tertiary/aromatic N) is 1. The van der Waals surface area contributed by atoms with Gasteiger partial charge in [-0.2, -0.15) is 5.10 Å². The van der Waals surface area contributed by atoms with Crippen LogP contribution < -0.4 is 14.9 Å². The lowest BCUT2D eigenvalue weighted by molar-refractivity contribution is 0.0734. The number of benzene rings is 3. The van der Waals surface area contributed by atoms with Gasteiger partial charge in [-0.15, -0.1) is 0 Å². The molecule has 0 unspecified atom stereocenters.